The van der Waals surface area contributed by atoms with Crippen LogP contribution in [0, 0.1) is 24.7 Å². The first-order valence-electron chi connectivity index (χ1n) is 9.94. The zero-order chi connectivity index (χ0) is 20.5. The molecule has 0 bridgehead atoms. The zero-order valence-electron chi connectivity index (χ0n) is 17.6. The van der Waals surface area contributed by atoms with Gasteiger partial charge in [0.1, 0.15) is 12.6 Å². The van der Waals surface area contributed by atoms with Gasteiger partial charge in [0.05, 0.1) is 6.61 Å². The van der Waals surface area contributed by atoms with Crippen LogP contribution in [0.15, 0.2) is 4.79 Å². The minimum absolute atomic E-state index is 0.00794. The zero-order valence-corrected chi connectivity index (χ0v) is 17.6. The Labute approximate surface area is 166 Å². The van der Waals surface area contributed by atoms with E-state index in [4.69, 9.17) is 9.57 Å². The summed E-state index contributed by atoms with van der Waals surface area (Å²) < 4.78 is 5.30. The lowest BCUT2D eigenvalue weighted by atomic mass is 9.62. The fourth-order valence-corrected chi connectivity index (χ4v) is 4.79. The Morgan fingerprint density at radius 3 is 2.71 bits per heavy atom. The summed E-state index contributed by atoms with van der Waals surface area (Å²) in [4.78, 5) is 36.5. The second kappa shape index (κ2) is 7.83. The number of aromatic nitrogens is 2. The number of H-pyrrole nitrogens is 1. The molecule has 3 unspecified atom stereocenters. The molecule has 0 aromatic carbocycles. The minimum Gasteiger partial charge on any atom is -0.449 e. The predicted octanol–water partition coefficient (Wildman–Crippen LogP) is 2.45. The van der Waals surface area contributed by atoms with Crippen LogP contribution >= 0.6 is 0 Å². The maximum atomic E-state index is 12.2. The molecule has 1 aliphatic heterocycles. The molecule has 2 N–H and O–H groups in total. The third-order valence-corrected chi connectivity index (χ3v) is 5.69. The van der Waals surface area contributed by atoms with Crippen LogP contribution in [0.3, 0.4) is 0 Å². The van der Waals surface area contributed by atoms with Gasteiger partial charge in [-0.15, -0.1) is 0 Å². The molecule has 0 spiro atoms. The molecule has 28 heavy (non-hydrogen) atoms. The Hall–Kier alpha value is -1.93. The van der Waals surface area contributed by atoms with Crippen LogP contribution in [-0.4, -0.2) is 47.0 Å². The number of nitrogens with zero attached hydrogens (tertiary/aromatic N) is 2. The van der Waals surface area contributed by atoms with Gasteiger partial charge in [-0.25, -0.2) is 9.78 Å². The molecule has 8 heteroatoms. The van der Waals surface area contributed by atoms with Crippen molar-refractivity contribution in [2.24, 2.45) is 10.8 Å². The third-order valence-electron chi connectivity index (χ3n) is 5.69. The molecule has 156 valence electrons. The first-order valence-corrected chi connectivity index (χ1v) is 9.94. The fraction of sp³-hybridized carbons (Fsp3) is 0.750. The van der Waals surface area contributed by atoms with Crippen LogP contribution in [0.25, 0.3) is 0 Å². The van der Waals surface area contributed by atoms with Crippen molar-refractivity contribution in [3.63, 3.8) is 0 Å². The van der Waals surface area contributed by atoms with Crippen LogP contribution in [0.1, 0.15) is 57.1 Å². The van der Waals surface area contributed by atoms with Gasteiger partial charge in [-0.05, 0) is 43.9 Å². The van der Waals surface area contributed by atoms with Crippen molar-refractivity contribution in [3.8, 4) is 0 Å². The number of alkyl carbamates (subject to hydrolysis) is 1. The van der Waals surface area contributed by atoms with E-state index < -0.39 is 6.09 Å². The number of carbonyl (C=O) groups excluding carboxylic acids is 1. The number of nitrogens with one attached hydrogen (secondary N) is 2. The predicted molar refractivity (Wildman–Crippen MR) is 105 cm³/mol. The number of amides is 1. The molecule has 2 aliphatic rings. The molecule has 0 radical (unpaired) electrons. The monoisotopic (exact) mass is 392 g/mol. The van der Waals surface area contributed by atoms with E-state index in [1.54, 1.807) is 13.8 Å². The molecule has 1 aromatic heterocycles. The maximum Gasteiger partial charge on any atom is 0.407 e. The molecule has 2 heterocycles. The summed E-state index contributed by atoms with van der Waals surface area (Å²) in [5, 5.41) is 4.95. The van der Waals surface area contributed by atoms with Crippen molar-refractivity contribution >= 4 is 6.09 Å². The van der Waals surface area contributed by atoms with Crippen LogP contribution in [-0.2, 0) is 16.0 Å². The summed E-state index contributed by atoms with van der Waals surface area (Å²) in [6.07, 6.45) is 3.03. The summed E-state index contributed by atoms with van der Waals surface area (Å²) in [5.41, 5.74) is 1.25. The largest absolute Gasteiger partial charge is 0.449 e. The molecular weight excluding hydrogens is 360 g/mol. The first kappa shape index (κ1) is 20.8. The second-order valence-electron chi connectivity index (χ2n) is 9.34. The van der Waals surface area contributed by atoms with Crippen LogP contribution in [0.2, 0.25) is 0 Å². The van der Waals surface area contributed by atoms with Crippen molar-refractivity contribution in [2.45, 2.75) is 66.3 Å². The molecule has 3 atom stereocenters. The number of hydrogen-bond acceptors (Lipinski definition) is 6. The number of rotatable bonds is 6. The molecular formula is C20H32N4O4. The summed E-state index contributed by atoms with van der Waals surface area (Å²) >= 11 is 0. The summed E-state index contributed by atoms with van der Waals surface area (Å²) in [5.74, 6) is 0.583. The summed E-state index contributed by atoms with van der Waals surface area (Å²) in [6.45, 7) is 11.7. The number of hydroxylamine groups is 2. The van der Waals surface area contributed by atoms with E-state index in [9.17, 15) is 9.59 Å². The van der Waals surface area contributed by atoms with Gasteiger partial charge >= 0.3 is 6.09 Å². The smallest absolute Gasteiger partial charge is 0.407 e. The Kier molecular flexibility index (Phi) is 5.82. The average molecular weight is 393 g/mol. The summed E-state index contributed by atoms with van der Waals surface area (Å²) in [6, 6.07) is 0.398. The van der Waals surface area contributed by atoms with E-state index in [0.717, 1.165) is 19.3 Å². The van der Waals surface area contributed by atoms with E-state index in [2.05, 4.69) is 36.1 Å². The van der Waals surface area contributed by atoms with Gasteiger partial charge in [0, 0.05) is 30.3 Å². The highest BCUT2D eigenvalue weighted by Gasteiger charge is 2.46. The molecule has 2 fully saturated rings. The van der Waals surface area contributed by atoms with E-state index in [-0.39, 0.29) is 23.0 Å². The lowest BCUT2D eigenvalue weighted by molar-refractivity contribution is 0.00720. The van der Waals surface area contributed by atoms with Crippen molar-refractivity contribution in [1.29, 1.82) is 0 Å². The van der Waals surface area contributed by atoms with Gasteiger partial charge in [-0.1, -0.05) is 20.8 Å². The van der Waals surface area contributed by atoms with Crippen molar-refractivity contribution < 1.29 is 14.4 Å². The Morgan fingerprint density at radius 2 is 2.07 bits per heavy atom. The normalized spacial score (nSPS) is 28.6. The molecule has 1 aliphatic carbocycles. The number of aryl methyl sites for hydroxylation is 2. The third kappa shape index (κ3) is 5.32. The number of carbonyl (C=O) groups is 1. The van der Waals surface area contributed by atoms with Crippen LogP contribution in [0.5, 0.6) is 0 Å². The van der Waals surface area contributed by atoms with Gasteiger partial charge in [0.15, 0.2) is 0 Å². The Balaban J connectivity index is 1.48. The number of aromatic amines is 1. The fourth-order valence-electron chi connectivity index (χ4n) is 4.79. The van der Waals surface area contributed by atoms with Crippen molar-refractivity contribution in [1.82, 2.24) is 20.3 Å². The van der Waals surface area contributed by atoms with E-state index in [1.165, 1.54) is 0 Å². The van der Waals surface area contributed by atoms with Crippen molar-refractivity contribution in [3.05, 3.63) is 27.4 Å². The van der Waals surface area contributed by atoms with Crippen LogP contribution in [0.4, 0.5) is 4.79 Å². The minimum atomic E-state index is -0.446. The van der Waals surface area contributed by atoms with Gasteiger partial charge in [-0.3, -0.25) is 9.63 Å². The highest BCUT2D eigenvalue weighted by molar-refractivity contribution is 5.67. The lowest BCUT2D eigenvalue weighted by Gasteiger charge is -2.46. The van der Waals surface area contributed by atoms with Gasteiger partial charge in [0.25, 0.3) is 5.56 Å². The molecule has 1 saturated heterocycles. The standard InChI is InChI=1S/C20H32N4O4/c1-13-16(17(25)23-14(2)22-13)6-7-27-18(26)21-11-20(5)9-15(24-12-28-24)8-19(3,4)10-20/h15H,6-12H2,1-5H3,(H,21,26)(H,22,23,25). The number of ether oxygens (including phenoxy) is 1. The first-order chi connectivity index (χ1) is 13.1. The Morgan fingerprint density at radius 1 is 1.36 bits per heavy atom. The SMILES string of the molecule is Cc1nc(C)c(CCOC(=O)NCC2(C)CC(N3CO3)CC(C)(C)C2)c(=O)[nH]1. The average Bonchev–Trinajstić information content (AvgIpc) is 3.38. The number of hydrogen-bond donors (Lipinski definition) is 2. The molecule has 8 nitrogen and oxygen atoms in total. The van der Waals surface area contributed by atoms with E-state index >= 15 is 0 Å². The highest BCUT2D eigenvalue weighted by atomic mass is 16.8. The van der Waals surface area contributed by atoms with E-state index in [0.29, 0.717) is 42.8 Å². The van der Waals surface area contributed by atoms with Gasteiger partial charge < -0.3 is 15.0 Å². The van der Waals surface area contributed by atoms with Gasteiger partial charge in [0.2, 0.25) is 0 Å². The lowest BCUT2D eigenvalue weighted by Crippen LogP contribution is -2.47. The maximum absolute atomic E-state index is 12.2. The highest BCUT2D eigenvalue weighted by Crippen LogP contribution is 2.48. The topological polar surface area (TPSA) is 99.6 Å². The van der Waals surface area contributed by atoms with Gasteiger partial charge in [-0.2, -0.15) is 5.06 Å². The van der Waals surface area contributed by atoms with Crippen LogP contribution < -0.4 is 10.9 Å². The summed E-state index contributed by atoms with van der Waals surface area (Å²) in [7, 11) is 0. The molecule has 1 amide bonds. The Bertz CT molecular complexity index is 787. The van der Waals surface area contributed by atoms with E-state index in [1.807, 2.05) is 5.06 Å². The molecule has 1 aromatic rings. The second-order valence-corrected chi connectivity index (χ2v) is 9.34. The quantitative estimate of drug-likeness (QED) is 0.722. The molecule has 3 rings (SSSR count). The molecule has 1 saturated carbocycles. The van der Waals surface area contributed by atoms with Crippen molar-refractivity contribution in [2.75, 3.05) is 19.9 Å².